The SMILES string of the molecule is CC(c1ccc(Br)o1)N1CCC(C)(C(=O)O)CC1. The molecule has 1 aliphatic heterocycles. The lowest BCUT2D eigenvalue weighted by Gasteiger charge is -2.38. The van der Waals surface area contributed by atoms with Crippen LogP contribution in [0.25, 0.3) is 0 Å². The monoisotopic (exact) mass is 315 g/mol. The zero-order valence-corrected chi connectivity index (χ0v) is 12.2. The number of carboxylic acids is 1. The molecule has 0 spiro atoms. The zero-order chi connectivity index (χ0) is 13.3. The van der Waals surface area contributed by atoms with Gasteiger partial charge in [-0.25, -0.2) is 0 Å². The van der Waals surface area contributed by atoms with Crippen molar-refractivity contribution in [3.63, 3.8) is 0 Å². The van der Waals surface area contributed by atoms with E-state index in [4.69, 9.17) is 4.42 Å². The molecule has 1 aromatic rings. The van der Waals surface area contributed by atoms with Crippen LogP contribution >= 0.6 is 15.9 Å². The van der Waals surface area contributed by atoms with Gasteiger partial charge in [-0.3, -0.25) is 9.69 Å². The molecule has 1 fully saturated rings. The van der Waals surface area contributed by atoms with Crippen molar-refractivity contribution < 1.29 is 14.3 Å². The van der Waals surface area contributed by atoms with Crippen molar-refractivity contribution in [2.24, 2.45) is 5.41 Å². The molecule has 1 aliphatic rings. The molecule has 100 valence electrons. The Hall–Kier alpha value is -0.810. The first kappa shape index (κ1) is 13.6. The molecule has 0 saturated carbocycles. The molecule has 1 atom stereocenters. The van der Waals surface area contributed by atoms with Crippen molar-refractivity contribution in [2.75, 3.05) is 13.1 Å². The van der Waals surface area contributed by atoms with Crippen molar-refractivity contribution in [3.8, 4) is 0 Å². The van der Waals surface area contributed by atoms with Crippen LogP contribution in [-0.4, -0.2) is 29.1 Å². The predicted molar refractivity (Wildman–Crippen MR) is 71.4 cm³/mol. The third-order valence-corrected chi connectivity index (χ3v) is 4.40. The Morgan fingerprint density at radius 1 is 1.50 bits per heavy atom. The minimum atomic E-state index is -0.685. The molecule has 2 rings (SSSR count). The van der Waals surface area contributed by atoms with Gasteiger partial charge >= 0.3 is 5.97 Å². The van der Waals surface area contributed by atoms with E-state index >= 15 is 0 Å². The van der Waals surface area contributed by atoms with E-state index in [1.54, 1.807) is 0 Å². The van der Waals surface area contributed by atoms with Gasteiger partial charge in [0.15, 0.2) is 4.67 Å². The van der Waals surface area contributed by atoms with Gasteiger partial charge in [0.05, 0.1) is 11.5 Å². The van der Waals surface area contributed by atoms with Gasteiger partial charge in [-0.1, -0.05) is 0 Å². The van der Waals surface area contributed by atoms with E-state index in [9.17, 15) is 9.90 Å². The van der Waals surface area contributed by atoms with Crippen molar-refractivity contribution in [1.29, 1.82) is 0 Å². The molecule has 0 aromatic carbocycles. The summed E-state index contributed by atoms with van der Waals surface area (Å²) in [5.41, 5.74) is -0.569. The second kappa shape index (κ2) is 5.05. The fourth-order valence-electron chi connectivity index (χ4n) is 2.35. The summed E-state index contributed by atoms with van der Waals surface area (Å²) in [7, 11) is 0. The van der Waals surface area contributed by atoms with E-state index in [1.807, 2.05) is 19.1 Å². The van der Waals surface area contributed by atoms with Gasteiger partial charge < -0.3 is 9.52 Å². The Labute approximate surface area is 115 Å². The van der Waals surface area contributed by atoms with Crippen LogP contribution in [0.3, 0.4) is 0 Å². The number of hydrogen-bond donors (Lipinski definition) is 1. The zero-order valence-electron chi connectivity index (χ0n) is 10.6. The highest BCUT2D eigenvalue weighted by atomic mass is 79.9. The Bertz CT molecular complexity index is 435. The molecule has 4 nitrogen and oxygen atoms in total. The summed E-state index contributed by atoms with van der Waals surface area (Å²) in [5, 5.41) is 9.20. The maximum absolute atomic E-state index is 11.2. The van der Waals surface area contributed by atoms with E-state index < -0.39 is 11.4 Å². The lowest BCUT2D eigenvalue weighted by Crippen LogP contribution is -2.43. The van der Waals surface area contributed by atoms with Crippen LogP contribution in [0.1, 0.15) is 38.5 Å². The maximum atomic E-state index is 11.2. The largest absolute Gasteiger partial charge is 0.481 e. The fourth-order valence-corrected chi connectivity index (χ4v) is 2.67. The number of nitrogens with zero attached hydrogens (tertiary/aromatic N) is 1. The Morgan fingerprint density at radius 3 is 2.56 bits per heavy atom. The molecule has 0 aliphatic carbocycles. The van der Waals surface area contributed by atoms with Crippen LogP contribution in [0, 0.1) is 5.41 Å². The number of rotatable bonds is 3. The summed E-state index contributed by atoms with van der Waals surface area (Å²) in [4.78, 5) is 13.5. The van der Waals surface area contributed by atoms with Crippen LogP contribution in [0.2, 0.25) is 0 Å². The number of furan rings is 1. The van der Waals surface area contributed by atoms with Crippen molar-refractivity contribution in [1.82, 2.24) is 4.90 Å². The molecule has 0 radical (unpaired) electrons. The second-order valence-corrected chi connectivity index (χ2v) is 6.00. The summed E-state index contributed by atoms with van der Waals surface area (Å²) >= 11 is 3.30. The van der Waals surface area contributed by atoms with Gasteiger partial charge in [0, 0.05) is 0 Å². The van der Waals surface area contributed by atoms with Crippen molar-refractivity contribution >= 4 is 21.9 Å². The van der Waals surface area contributed by atoms with Gasteiger partial charge in [-0.15, -0.1) is 0 Å². The number of likely N-dealkylation sites (tertiary alicyclic amines) is 1. The van der Waals surface area contributed by atoms with Crippen LogP contribution in [0.4, 0.5) is 0 Å². The molecular weight excluding hydrogens is 298 g/mol. The molecule has 5 heteroatoms. The average Bonchev–Trinajstić information content (AvgIpc) is 2.76. The van der Waals surface area contributed by atoms with Crippen LogP contribution in [0.15, 0.2) is 21.2 Å². The maximum Gasteiger partial charge on any atom is 0.309 e. The normalized spacial score (nSPS) is 21.7. The van der Waals surface area contributed by atoms with Gasteiger partial charge in [-0.2, -0.15) is 0 Å². The standard InChI is InChI=1S/C13H18BrNO3/c1-9(10-3-4-11(14)18-10)15-7-5-13(2,6-8-15)12(16)17/h3-4,9H,5-8H2,1-2H3,(H,16,17). The van der Waals surface area contributed by atoms with E-state index in [0.29, 0.717) is 12.8 Å². The Balaban J connectivity index is 2.00. The molecule has 1 N–H and O–H groups in total. The molecular formula is C13H18BrNO3. The second-order valence-electron chi connectivity index (χ2n) is 5.22. The third-order valence-electron chi connectivity index (χ3n) is 3.97. The van der Waals surface area contributed by atoms with Crippen molar-refractivity contribution in [3.05, 3.63) is 22.6 Å². The predicted octanol–water partition coefficient (Wildman–Crippen LogP) is 3.29. The molecule has 1 aromatic heterocycles. The van der Waals surface area contributed by atoms with Crippen molar-refractivity contribution in [2.45, 2.75) is 32.7 Å². The van der Waals surface area contributed by atoms with Gasteiger partial charge in [0.1, 0.15) is 5.76 Å². The van der Waals surface area contributed by atoms with Crippen LogP contribution in [0.5, 0.6) is 0 Å². The quantitative estimate of drug-likeness (QED) is 0.930. The number of halogens is 1. The highest BCUT2D eigenvalue weighted by Crippen LogP contribution is 2.35. The van der Waals surface area contributed by atoms with E-state index in [1.165, 1.54) is 0 Å². The summed E-state index contributed by atoms with van der Waals surface area (Å²) in [5.74, 6) is 0.233. The summed E-state index contributed by atoms with van der Waals surface area (Å²) in [6, 6.07) is 4.03. The van der Waals surface area contributed by atoms with E-state index in [2.05, 4.69) is 27.8 Å². The first-order valence-corrected chi connectivity index (χ1v) is 6.94. The number of carboxylic acid groups (broad SMARTS) is 1. The molecule has 1 saturated heterocycles. The Kier molecular flexibility index (Phi) is 3.82. The summed E-state index contributed by atoms with van der Waals surface area (Å²) in [6.45, 7) is 5.51. The lowest BCUT2D eigenvalue weighted by molar-refractivity contribution is -0.151. The minimum Gasteiger partial charge on any atom is -0.481 e. The summed E-state index contributed by atoms with van der Waals surface area (Å²) in [6.07, 6.45) is 1.38. The topological polar surface area (TPSA) is 53.7 Å². The highest BCUT2D eigenvalue weighted by Gasteiger charge is 2.38. The lowest BCUT2D eigenvalue weighted by atomic mass is 9.80. The first-order valence-electron chi connectivity index (χ1n) is 6.15. The average molecular weight is 316 g/mol. The molecule has 0 amide bonds. The number of hydrogen-bond acceptors (Lipinski definition) is 3. The fraction of sp³-hybridized carbons (Fsp3) is 0.615. The minimum absolute atomic E-state index is 0.189. The molecule has 0 bridgehead atoms. The van der Waals surface area contributed by atoms with E-state index in [-0.39, 0.29) is 6.04 Å². The third kappa shape index (κ3) is 2.62. The van der Waals surface area contributed by atoms with Crippen LogP contribution < -0.4 is 0 Å². The van der Waals surface area contributed by atoms with Gasteiger partial charge in [0.25, 0.3) is 0 Å². The van der Waals surface area contributed by atoms with E-state index in [0.717, 1.165) is 23.5 Å². The number of piperidine rings is 1. The molecule has 2 heterocycles. The Morgan fingerprint density at radius 2 is 2.11 bits per heavy atom. The van der Waals surface area contributed by atoms with Gasteiger partial charge in [-0.05, 0) is 67.8 Å². The summed E-state index contributed by atoms with van der Waals surface area (Å²) < 4.78 is 6.29. The smallest absolute Gasteiger partial charge is 0.309 e. The highest BCUT2D eigenvalue weighted by molar-refractivity contribution is 9.10. The first-order chi connectivity index (χ1) is 8.42. The van der Waals surface area contributed by atoms with Crippen LogP contribution in [-0.2, 0) is 4.79 Å². The number of carbonyl (C=O) groups is 1. The van der Waals surface area contributed by atoms with Gasteiger partial charge in [0.2, 0.25) is 0 Å². The number of aliphatic carboxylic acids is 1. The molecule has 18 heavy (non-hydrogen) atoms. The molecule has 1 unspecified atom stereocenters.